The van der Waals surface area contributed by atoms with E-state index in [4.69, 9.17) is 10.5 Å². The number of ether oxygens (including phenoxy) is 1. The van der Waals surface area contributed by atoms with Crippen LogP contribution in [0.1, 0.15) is 33.1 Å². The molecule has 0 spiro atoms. The average molecular weight is 269 g/mol. The van der Waals surface area contributed by atoms with Crippen LogP contribution in [0, 0.1) is 5.92 Å². The molecule has 2 heterocycles. The van der Waals surface area contributed by atoms with E-state index in [1.54, 1.807) is 7.11 Å². The highest BCUT2D eigenvalue weighted by Crippen LogP contribution is 2.27. The number of methoxy groups -OCH3 is 1. The molecule has 112 valence electrons. The molecule has 4 unspecified atom stereocenters. The van der Waals surface area contributed by atoms with Crippen LogP contribution in [0.3, 0.4) is 0 Å². The van der Waals surface area contributed by atoms with Gasteiger partial charge in [-0.05, 0) is 32.2 Å². The number of hydrogen-bond donors (Lipinski definition) is 1. The van der Waals surface area contributed by atoms with Crippen molar-refractivity contribution < 1.29 is 4.74 Å². The van der Waals surface area contributed by atoms with E-state index in [0.717, 1.165) is 19.2 Å². The summed E-state index contributed by atoms with van der Waals surface area (Å²) >= 11 is 0. The van der Waals surface area contributed by atoms with Crippen molar-refractivity contribution in [2.75, 3.05) is 39.9 Å². The first-order chi connectivity index (χ1) is 9.17. The van der Waals surface area contributed by atoms with Crippen molar-refractivity contribution >= 4 is 0 Å². The van der Waals surface area contributed by atoms with Crippen LogP contribution in [0.4, 0.5) is 0 Å². The summed E-state index contributed by atoms with van der Waals surface area (Å²) in [5, 5.41) is 0. The molecule has 2 rings (SSSR count). The second-order valence-electron chi connectivity index (χ2n) is 6.43. The number of nitrogens with two attached hydrogens (primary N) is 1. The first kappa shape index (κ1) is 15.2. The minimum absolute atomic E-state index is 0.457. The molecule has 4 nitrogen and oxygen atoms in total. The molecule has 2 aliphatic heterocycles. The lowest BCUT2D eigenvalue weighted by Crippen LogP contribution is -2.63. The van der Waals surface area contributed by atoms with Crippen molar-refractivity contribution in [2.24, 2.45) is 11.7 Å². The summed E-state index contributed by atoms with van der Waals surface area (Å²) in [7, 11) is 1.78. The molecule has 4 atom stereocenters. The van der Waals surface area contributed by atoms with Gasteiger partial charge in [-0.1, -0.05) is 13.3 Å². The van der Waals surface area contributed by atoms with Gasteiger partial charge in [-0.25, -0.2) is 0 Å². The maximum absolute atomic E-state index is 6.05. The minimum atomic E-state index is 0.457. The fraction of sp³-hybridized carbons (Fsp3) is 1.00. The second kappa shape index (κ2) is 7.02. The van der Waals surface area contributed by atoms with Gasteiger partial charge in [0, 0.05) is 44.9 Å². The summed E-state index contributed by atoms with van der Waals surface area (Å²) in [5.74, 6) is 0.507. The summed E-state index contributed by atoms with van der Waals surface area (Å²) in [6, 6.07) is 1.83. The van der Waals surface area contributed by atoms with Gasteiger partial charge in [0.15, 0.2) is 0 Å². The van der Waals surface area contributed by atoms with Gasteiger partial charge in [-0.15, -0.1) is 0 Å². The molecule has 0 radical (unpaired) electrons. The molecule has 0 bridgehead atoms. The number of nitrogens with zero attached hydrogens (tertiary/aromatic N) is 2. The quantitative estimate of drug-likeness (QED) is 0.813. The van der Waals surface area contributed by atoms with E-state index in [9.17, 15) is 0 Å². The van der Waals surface area contributed by atoms with E-state index < -0.39 is 0 Å². The van der Waals surface area contributed by atoms with Crippen LogP contribution >= 0.6 is 0 Å². The molecule has 4 heteroatoms. The highest BCUT2D eigenvalue weighted by molar-refractivity contribution is 4.93. The molecule has 0 aromatic carbocycles. The van der Waals surface area contributed by atoms with Crippen LogP contribution in [0.25, 0.3) is 0 Å². The second-order valence-corrected chi connectivity index (χ2v) is 6.43. The smallest absolute Gasteiger partial charge is 0.0503 e. The molecular weight excluding hydrogens is 238 g/mol. The molecule has 0 saturated carbocycles. The average Bonchev–Trinajstić information content (AvgIpc) is 2.40. The zero-order chi connectivity index (χ0) is 13.8. The van der Waals surface area contributed by atoms with Gasteiger partial charge in [0.2, 0.25) is 0 Å². The maximum Gasteiger partial charge on any atom is 0.0503 e. The van der Waals surface area contributed by atoms with Gasteiger partial charge < -0.3 is 10.5 Å². The van der Waals surface area contributed by atoms with Gasteiger partial charge in [0.1, 0.15) is 0 Å². The van der Waals surface area contributed by atoms with Crippen LogP contribution < -0.4 is 5.73 Å². The Morgan fingerprint density at radius 2 is 2.11 bits per heavy atom. The Kier molecular flexibility index (Phi) is 5.63. The van der Waals surface area contributed by atoms with E-state index >= 15 is 0 Å². The van der Waals surface area contributed by atoms with E-state index in [2.05, 4.69) is 23.6 Å². The summed E-state index contributed by atoms with van der Waals surface area (Å²) in [4.78, 5) is 5.34. The number of hydrogen-bond acceptors (Lipinski definition) is 4. The summed E-state index contributed by atoms with van der Waals surface area (Å²) in [6.45, 7) is 9.86. The lowest BCUT2D eigenvalue weighted by atomic mass is 9.92. The Balaban J connectivity index is 2.01. The Morgan fingerprint density at radius 1 is 1.32 bits per heavy atom. The third-order valence-electron chi connectivity index (χ3n) is 4.99. The Hall–Kier alpha value is -0.160. The Bertz CT molecular complexity index is 274. The van der Waals surface area contributed by atoms with Crippen molar-refractivity contribution in [1.29, 1.82) is 0 Å². The SMILES string of the molecule is COCC(C)C(CN)N1CC2CCCCN2CC1C. The van der Waals surface area contributed by atoms with Gasteiger partial charge in [0.05, 0.1) is 6.61 Å². The van der Waals surface area contributed by atoms with Crippen molar-refractivity contribution in [3.8, 4) is 0 Å². The predicted molar refractivity (Wildman–Crippen MR) is 79.3 cm³/mol. The zero-order valence-electron chi connectivity index (χ0n) is 12.8. The standard InChI is InChI=1S/C15H31N3O/c1-12(11-19-3)15(8-16)18-10-14-6-4-5-7-17(14)9-13(18)2/h12-15H,4-11,16H2,1-3H3. The zero-order valence-corrected chi connectivity index (χ0v) is 12.8. The van der Waals surface area contributed by atoms with Crippen LogP contribution in [-0.2, 0) is 4.74 Å². The Labute approximate surface area is 118 Å². The molecule has 2 N–H and O–H groups in total. The monoisotopic (exact) mass is 269 g/mol. The molecule has 0 aromatic rings. The maximum atomic E-state index is 6.05. The third-order valence-corrected chi connectivity index (χ3v) is 4.99. The van der Waals surface area contributed by atoms with E-state index in [0.29, 0.717) is 18.0 Å². The number of fused-ring (bicyclic) bond motifs is 1. The molecule has 19 heavy (non-hydrogen) atoms. The fourth-order valence-electron chi connectivity index (χ4n) is 3.91. The highest BCUT2D eigenvalue weighted by Gasteiger charge is 2.37. The minimum Gasteiger partial charge on any atom is -0.384 e. The van der Waals surface area contributed by atoms with Crippen molar-refractivity contribution in [1.82, 2.24) is 9.80 Å². The number of piperidine rings is 1. The van der Waals surface area contributed by atoms with Crippen molar-refractivity contribution in [3.63, 3.8) is 0 Å². The lowest BCUT2D eigenvalue weighted by Gasteiger charge is -2.51. The number of rotatable bonds is 5. The van der Waals surface area contributed by atoms with E-state index in [1.807, 2.05) is 0 Å². The molecule has 2 fully saturated rings. The third kappa shape index (κ3) is 3.48. The van der Waals surface area contributed by atoms with Crippen molar-refractivity contribution in [3.05, 3.63) is 0 Å². The molecule has 2 aliphatic rings. The molecule has 2 saturated heterocycles. The van der Waals surface area contributed by atoms with Gasteiger partial charge >= 0.3 is 0 Å². The summed E-state index contributed by atoms with van der Waals surface area (Å²) in [5.41, 5.74) is 6.05. The molecular formula is C15H31N3O. The van der Waals surface area contributed by atoms with Gasteiger partial charge in [-0.2, -0.15) is 0 Å². The fourth-order valence-corrected chi connectivity index (χ4v) is 3.91. The van der Waals surface area contributed by atoms with E-state index in [-0.39, 0.29) is 0 Å². The van der Waals surface area contributed by atoms with Crippen LogP contribution in [0.5, 0.6) is 0 Å². The first-order valence-electron chi connectivity index (χ1n) is 7.86. The van der Waals surface area contributed by atoms with Gasteiger partial charge in [0.25, 0.3) is 0 Å². The molecule has 0 aromatic heterocycles. The van der Waals surface area contributed by atoms with Crippen molar-refractivity contribution in [2.45, 2.75) is 51.2 Å². The number of piperazine rings is 1. The van der Waals surface area contributed by atoms with Crippen LogP contribution in [0.15, 0.2) is 0 Å². The lowest BCUT2D eigenvalue weighted by molar-refractivity contribution is -0.0265. The summed E-state index contributed by atoms with van der Waals surface area (Å²) < 4.78 is 5.33. The molecule has 0 aliphatic carbocycles. The van der Waals surface area contributed by atoms with Crippen LogP contribution in [0.2, 0.25) is 0 Å². The first-order valence-corrected chi connectivity index (χ1v) is 7.86. The van der Waals surface area contributed by atoms with Gasteiger partial charge in [-0.3, -0.25) is 9.80 Å². The normalized spacial score (nSPS) is 32.8. The topological polar surface area (TPSA) is 41.7 Å². The largest absolute Gasteiger partial charge is 0.384 e. The predicted octanol–water partition coefficient (Wildman–Crippen LogP) is 1.15. The highest BCUT2D eigenvalue weighted by atomic mass is 16.5. The summed E-state index contributed by atoms with van der Waals surface area (Å²) in [6.07, 6.45) is 4.13. The van der Waals surface area contributed by atoms with Crippen LogP contribution in [-0.4, -0.2) is 67.8 Å². The Morgan fingerprint density at radius 3 is 2.79 bits per heavy atom. The molecule has 0 amide bonds. The van der Waals surface area contributed by atoms with E-state index in [1.165, 1.54) is 38.9 Å².